The second-order valence-corrected chi connectivity index (χ2v) is 24.1. The molecule has 0 saturated carbocycles. The monoisotopic (exact) mass is 1170 g/mol. The van der Waals surface area contributed by atoms with Crippen molar-refractivity contribution in [3.05, 3.63) is 170 Å². The minimum absolute atomic E-state index is 0.0223. The van der Waals surface area contributed by atoms with Crippen LogP contribution in [0.3, 0.4) is 0 Å². The molecule has 2 N–H and O–H groups in total. The lowest BCUT2D eigenvalue weighted by atomic mass is 10.0. The van der Waals surface area contributed by atoms with E-state index in [1.54, 1.807) is 6.08 Å². The van der Waals surface area contributed by atoms with Crippen LogP contribution in [0.2, 0.25) is 0 Å². The van der Waals surface area contributed by atoms with Crippen molar-refractivity contribution in [2.24, 2.45) is 0 Å². The predicted molar refractivity (Wildman–Crippen MR) is 361 cm³/mol. The number of nitrogens with one attached hydrogen (secondary N) is 1. The highest BCUT2D eigenvalue weighted by Gasteiger charge is 2.23. The third kappa shape index (κ3) is 65.3. The Kier molecular flexibility index (Phi) is 59.3. The lowest BCUT2D eigenvalue weighted by molar-refractivity contribution is -0.870. The molecule has 0 bridgehead atoms. The molecule has 0 aliphatic heterocycles. The minimum atomic E-state index is -4.63. The Bertz CT molecular complexity index is 1960. The minimum Gasteiger partial charge on any atom is -0.756 e. The van der Waals surface area contributed by atoms with Crippen molar-refractivity contribution in [2.45, 2.75) is 251 Å². The number of hydrogen-bond acceptors (Lipinski definition) is 6. The Balaban J connectivity index is 4.28. The van der Waals surface area contributed by atoms with Crippen molar-refractivity contribution in [1.29, 1.82) is 0 Å². The van der Waals surface area contributed by atoms with Crippen LogP contribution in [0.25, 0.3) is 0 Å². The molecule has 0 aliphatic rings. The second kappa shape index (κ2) is 62.4. The molecular formula is C74H123N2O6P. The molecule has 9 heteroatoms. The number of carbonyl (C=O) groups excluding carboxylic acids is 1. The number of allylic oxidation sites excluding steroid dienone is 27. The van der Waals surface area contributed by atoms with Gasteiger partial charge in [-0.05, 0) is 128 Å². The number of carbonyl (C=O) groups is 1. The van der Waals surface area contributed by atoms with Crippen LogP contribution in [0, 0.1) is 0 Å². The van der Waals surface area contributed by atoms with Crippen LogP contribution in [0.1, 0.15) is 239 Å². The number of amides is 1. The number of hydrogen-bond donors (Lipinski definition) is 2. The van der Waals surface area contributed by atoms with Crippen LogP contribution >= 0.6 is 7.82 Å². The zero-order valence-corrected chi connectivity index (χ0v) is 54.5. The van der Waals surface area contributed by atoms with Crippen molar-refractivity contribution < 1.29 is 32.9 Å². The van der Waals surface area contributed by atoms with E-state index in [1.807, 2.05) is 27.2 Å². The summed E-state index contributed by atoms with van der Waals surface area (Å²) in [7, 11) is 1.20. The molecule has 0 radical (unpaired) electrons. The molecule has 0 fully saturated rings. The third-order valence-corrected chi connectivity index (χ3v) is 14.6. The van der Waals surface area contributed by atoms with Gasteiger partial charge < -0.3 is 28.8 Å². The average Bonchev–Trinajstić information content (AvgIpc) is 3.50. The van der Waals surface area contributed by atoms with Gasteiger partial charge in [0, 0.05) is 6.42 Å². The van der Waals surface area contributed by atoms with Gasteiger partial charge in [-0.3, -0.25) is 9.36 Å². The molecule has 1 amide bonds. The summed E-state index contributed by atoms with van der Waals surface area (Å²) in [6, 6.07) is -0.935. The molecule has 8 nitrogen and oxygen atoms in total. The SMILES string of the molecule is CC/C=C\C/C=C\C/C=C\C/C=C\C/C=C\C/C=C\C/C=C\C/C=C\C/C=C\C/C=C\C/C=C\CCCCCCCC(=O)NC(COP(=O)([O-])OCC[N+](C)(C)C)C(O)/C=C/CC/C=C/CC/C=C/CCCCCCCCCCCCCC. The van der Waals surface area contributed by atoms with Crippen LogP contribution < -0.4 is 10.2 Å². The Morgan fingerprint density at radius 3 is 1.12 bits per heavy atom. The smallest absolute Gasteiger partial charge is 0.268 e. The summed E-state index contributed by atoms with van der Waals surface area (Å²) in [6.45, 7) is 4.48. The van der Waals surface area contributed by atoms with Crippen LogP contribution in [-0.2, 0) is 18.4 Å². The molecule has 3 atom stereocenters. The topological polar surface area (TPSA) is 108 Å². The van der Waals surface area contributed by atoms with Crippen molar-refractivity contribution in [1.82, 2.24) is 5.32 Å². The van der Waals surface area contributed by atoms with E-state index in [-0.39, 0.29) is 12.5 Å². The molecule has 83 heavy (non-hydrogen) atoms. The Morgan fingerprint density at radius 1 is 0.434 bits per heavy atom. The normalized spacial score (nSPS) is 14.8. The Morgan fingerprint density at radius 2 is 0.747 bits per heavy atom. The lowest BCUT2D eigenvalue weighted by Gasteiger charge is -2.29. The van der Waals surface area contributed by atoms with Gasteiger partial charge in [0.25, 0.3) is 7.82 Å². The van der Waals surface area contributed by atoms with Gasteiger partial charge in [0.15, 0.2) is 0 Å². The first-order valence-corrected chi connectivity index (χ1v) is 34.5. The van der Waals surface area contributed by atoms with Gasteiger partial charge in [0.2, 0.25) is 5.91 Å². The number of aliphatic hydroxyl groups excluding tert-OH is 1. The standard InChI is InChI=1S/C74H123N2O6P/c1-6-8-10-12-14-16-18-20-22-24-26-28-30-31-32-33-34-35-36-37-38-39-40-41-42-43-44-45-46-48-50-52-54-56-58-60-62-64-66-68-74(78)75-72(71-82-83(79,80)81-70-69-76(3,4)5)73(77)67-65-63-61-59-57-55-53-51-49-47-29-27-25-23-21-19-17-15-13-11-9-7-2/h8,10,14,16,20,22,26,28,31-32,34-35,37-38,40-41,43-44,46,48-49,51-52,54,57,59,65,67,72-73,77H,6-7,9,11-13,15,17-19,21,23-25,27,29-30,33,36,39,42,45,47,50,53,55-56,58,60-64,66,68-71H2,1-5H3,(H-,75,78,79,80)/b10-8-,16-14-,22-20-,28-26-,32-31-,35-34-,38-37-,41-40-,44-43-,48-46-,51-49+,54-52-,59-57+,67-65+. The molecule has 0 heterocycles. The number of unbranched alkanes of at least 4 members (excludes halogenated alkanes) is 19. The second-order valence-electron chi connectivity index (χ2n) is 22.7. The molecule has 0 aromatic heterocycles. The highest BCUT2D eigenvalue weighted by Crippen LogP contribution is 2.38. The highest BCUT2D eigenvalue weighted by molar-refractivity contribution is 7.45. The first kappa shape index (κ1) is 78.9. The molecule has 0 aliphatic carbocycles. The van der Waals surface area contributed by atoms with Gasteiger partial charge in [0.05, 0.1) is 39.9 Å². The number of phosphoric ester groups is 1. The van der Waals surface area contributed by atoms with E-state index in [1.165, 1.54) is 83.5 Å². The third-order valence-electron chi connectivity index (χ3n) is 13.6. The van der Waals surface area contributed by atoms with E-state index in [9.17, 15) is 19.4 Å². The maximum absolute atomic E-state index is 13.0. The van der Waals surface area contributed by atoms with E-state index in [0.29, 0.717) is 17.4 Å². The summed E-state index contributed by atoms with van der Waals surface area (Å²) >= 11 is 0. The van der Waals surface area contributed by atoms with Crippen molar-refractivity contribution in [3.63, 3.8) is 0 Å². The maximum atomic E-state index is 13.0. The van der Waals surface area contributed by atoms with E-state index >= 15 is 0 Å². The van der Waals surface area contributed by atoms with Crippen LogP contribution in [0.4, 0.5) is 0 Å². The van der Waals surface area contributed by atoms with Crippen LogP contribution in [0.15, 0.2) is 170 Å². The summed E-state index contributed by atoms with van der Waals surface area (Å²) in [5.41, 5.74) is 0. The molecule has 0 saturated heterocycles. The molecule has 470 valence electrons. The molecule has 3 unspecified atom stereocenters. The summed E-state index contributed by atoms with van der Waals surface area (Å²) in [4.78, 5) is 25.6. The number of quaternary nitrogens is 1. The van der Waals surface area contributed by atoms with E-state index in [2.05, 4.69) is 177 Å². The lowest BCUT2D eigenvalue weighted by Crippen LogP contribution is -2.45. The van der Waals surface area contributed by atoms with Crippen molar-refractivity contribution >= 4 is 13.7 Å². The fraction of sp³-hybridized carbons (Fsp3) is 0.608. The first-order chi connectivity index (χ1) is 40.5. The molecular weight excluding hydrogens is 1040 g/mol. The molecule has 0 spiro atoms. The zero-order valence-electron chi connectivity index (χ0n) is 53.6. The van der Waals surface area contributed by atoms with Crippen LogP contribution in [0.5, 0.6) is 0 Å². The Hall–Kier alpha value is -4.14. The summed E-state index contributed by atoms with van der Waals surface area (Å²) < 4.78 is 23.4. The molecule has 0 rings (SSSR count). The number of likely N-dealkylation sites (N-methyl/N-ethyl adjacent to an activating group) is 1. The number of aliphatic hydroxyl groups is 1. The first-order valence-electron chi connectivity index (χ1n) is 33.0. The summed E-state index contributed by atoms with van der Waals surface area (Å²) in [6.07, 6.45) is 98.8. The summed E-state index contributed by atoms with van der Waals surface area (Å²) in [5.74, 6) is -0.237. The van der Waals surface area contributed by atoms with Crippen molar-refractivity contribution in [3.8, 4) is 0 Å². The van der Waals surface area contributed by atoms with E-state index < -0.39 is 26.6 Å². The quantitative estimate of drug-likeness (QED) is 0.0272. The maximum Gasteiger partial charge on any atom is 0.268 e. The van der Waals surface area contributed by atoms with Crippen molar-refractivity contribution in [2.75, 3.05) is 40.9 Å². The fourth-order valence-corrected chi connectivity index (χ4v) is 9.26. The number of nitrogens with zero attached hydrogens (tertiary/aromatic N) is 1. The van der Waals surface area contributed by atoms with E-state index in [0.717, 1.165) is 135 Å². The fourth-order valence-electron chi connectivity index (χ4n) is 8.54. The predicted octanol–water partition coefficient (Wildman–Crippen LogP) is 20.5. The summed E-state index contributed by atoms with van der Waals surface area (Å²) in [5, 5.41) is 13.9. The van der Waals surface area contributed by atoms with Gasteiger partial charge in [0.1, 0.15) is 13.2 Å². The number of phosphoric acid groups is 1. The van der Waals surface area contributed by atoms with Crippen LogP contribution in [-0.4, -0.2) is 68.5 Å². The average molecular weight is 1170 g/mol. The van der Waals surface area contributed by atoms with Gasteiger partial charge in [-0.15, -0.1) is 0 Å². The largest absolute Gasteiger partial charge is 0.756 e. The van der Waals surface area contributed by atoms with Gasteiger partial charge >= 0.3 is 0 Å². The Labute approximate surface area is 511 Å². The highest BCUT2D eigenvalue weighted by atomic mass is 31.2. The number of rotatable bonds is 58. The zero-order chi connectivity index (χ0) is 60.5. The van der Waals surface area contributed by atoms with Gasteiger partial charge in [-0.1, -0.05) is 274 Å². The molecule has 0 aromatic carbocycles. The molecule has 0 aromatic rings. The van der Waals surface area contributed by atoms with E-state index in [4.69, 9.17) is 9.05 Å². The van der Waals surface area contributed by atoms with Gasteiger partial charge in [-0.25, -0.2) is 0 Å². The van der Waals surface area contributed by atoms with Gasteiger partial charge in [-0.2, -0.15) is 0 Å².